The molecule has 0 amide bonds. The van der Waals surface area contributed by atoms with Gasteiger partial charge in [0, 0.05) is 49.3 Å². The molecule has 4 heteroatoms. The molecule has 1 spiro atoms. The Morgan fingerprint density at radius 2 is 2.08 bits per heavy atom. The van der Waals surface area contributed by atoms with Crippen LogP contribution in [0.1, 0.15) is 31.7 Å². The Bertz CT molecular complexity index is 672. The number of hydrogen-bond acceptors (Lipinski definition) is 3. The molecule has 1 unspecified atom stereocenters. The SMILES string of the molecule is CCC1NCCOC12CCN(CCc1c[nH]c3ccccc13)CC2. The lowest BCUT2D eigenvalue weighted by atomic mass is 9.81. The molecule has 4 nitrogen and oxygen atoms in total. The Labute approximate surface area is 144 Å². The second-order valence-corrected chi connectivity index (χ2v) is 7.28. The summed E-state index contributed by atoms with van der Waals surface area (Å²) in [6.07, 6.45) is 6.78. The van der Waals surface area contributed by atoms with Gasteiger partial charge in [-0.1, -0.05) is 25.1 Å². The lowest BCUT2D eigenvalue weighted by Crippen LogP contribution is -2.61. The fraction of sp³-hybridized carbons (Fsp3) is 0.600. The number of fused-ring (bicyclic) bond motifs is 1. The number of nitrogens with one attached hydrogen (secondary N) is 2. The van der Waals surface area contributed by atoms with Crippen LogP contribution in [0.5, 0.6) is 0 Å². The smallest absolute Gasteiger partial charge is 0.0859 e. The van der Waals surface area contributed by atoms with Crippen molar-refractivity contribution < 1.29 is 4.74 Å². The van der Waals surface area contributed by atoms with Gasteiger partial charge in [-0.2, -0.15) is 0 Å². The maximum absolute atomic E-state index is 6.27. The van der Waals surface area contributed by atoms with Gasteiger partial charge >= 0.3 is 0 Å². The lowest BCUT2D eigenvalue weighted by Gasteiger charge is -2.49. The molecule has 1 aromatic heterocycles. The highest BCUT2D eigenvalue weighted by Crippen LogP contribution is 2.33. The molecule has 2 N–H and O–H groups in total. The number of ether oxygens (including phenoxy) is 1. The van der Waals surface area contributed by atoms with E-state index in [9.17, 15) is 0 Å². The number of benzene rings is 1. The van der Waals surface area contributed by atoms with E-state index in [1.807, 2.05) is 0 Å². The van der Waals surface area contributed by atoms with Crippen LogP contribution in [-0.2, 0) is 11.2 Å². The van der Waals surface area contributed by atoms with E-state index >= 15 is 0 Å². The molecule has 0 saturated carbocycles. The summed E-state index contributed by atoms with van der Waals surface area (Å²) in [5, 5.41) is 5.04. The third kappa shape index (κ3) is 2.99. The van der Waals surface area contributed by atoms with Gasteiger partial charge in [0.25, 0.3) is 0 Å². The summed E-state index contributed by atoms with van der Waals surface area (Å²) in [7, 11) is 0. The van der Waals surface area contributed by atoms with Crippen LogP contribution in [0, 0.1) is 0 Å². The molecule has 2 saturated heterocycles. The minimum Gasteiger partial charge on any atom is -0.372 e. The van der Waals surface area contributed by atoms with Crippen LogP contribution in [-0.4, -0.2) is 54.3 Å². The molecule has 0 radical (unpaired) electrons. The summed E-state index contributed by atoms with van der Waals surface area (Å²) in [5.41, 5.74) is 2.77. The maximum atomic E-state index is 6.27. The summed E-state index contributed by atoms with van der Waals surface area (Å²) in [4.78, 5) is 6.00. The first-order valence-electron chi connectivity index (χ1n) is 9.45. The molecular formula is C20H29N3O. The highest BCUT2D eigenvalue weighted by Gasteiger charge is 2.43. The summed E-state index contributed by atoms with van der Waals surface area (Å²) >= 11 is 0. The van der Waals surface area contributed by atoms with Crippen LogP contribution >= 0.6 is 0 Å². The van der Waals surface area contributed by atoms with Crippen molar-refractivity contribution in [2.75, 3.05) is 32.8 Å². The summed E-state index contributed by atoms with van der Waals surface area (Å²) in [5.74, 6) is 0. The van der Waals surface area contributed by atoms with E-state index < -0.39 is 0 Å². The quantitative estimate of drug-likeness (QED) is 0.907. The predicted molar refractivity (Wildman–Crippen MR) is 98.4 cm³/mol. The van der Waals surface area contributed by atoms with Crippen LogP contribution in [0.25, 0.3) is 10.9 Å². The number of morpholine rings is 1. The van der Waals surface area contributed by atoms with E-state index in [1.165, 1.54) is 16.5 Å². The van der Waals surface area contributed by atoms with Gasteiger partial charge < -0.3 is 19.9 Å². The van der Waals surface area contributed by atoms with Crippen molar-refractivity contribution in [3.05, 3.63) is 36.0 Å². The second-order valence-electron chi connectivity index (χ2n) is 7.28. The fourth-order valence-corrected chi connectivity index (χ4v) is 4.56. The molecule has 2 aliphatic rings. The standard InChI is InChI=1S/C20H29N3O/c1-2-19-20(24-14-10-21-19)8-12-23(13-9-20)11-7-16-15-22-18-6-4-3-5-17(16)18/h3-6,15,19,21-22H,2,7-14H2,1H3. The molecule has 1 aromatic carbocycles. The molecular weight excluding hydrogens is 298 g/mol. The predicted octanol–water partition coefficient (Wildman–Crippen LogP) is 2.94. The van der Waals surface area contributed by atoms with Crippen LogP contribution in [0.3, 0.4) is 0 Å². The molecule has 24 heavy (non-hydrogen) atoms. The van der Waals surface area contributed by atoms with E-state index in [-0.39, 0.29) is 5.60 Å². The first kappa shape index (κ1) is 16.1. The summed E-state index contributed by atoms with van der Waals surface area (Å²) < 4.78 is 6.27. The Morgan fingerprint density at radius 1 is 1.25 bits per heavy atom. The number of aromatic nitrogens is 1. The van der Waals surface area contributed by atoms with Crippen molar-refractivity contribution in [2.45, 2.75) is 44.2 Å². The van der Waals surface area contributed by atoms with Crippen LogP contribution in [0.4, 0.5) is 0 Å². The number of nitrogens with zero attached hydrogens (tertiary/aromatic N) is 1. The monoisotopic (exact) mass is 327 g/mol. The van der Waals surface area contributed by atoms with Gasteiger partial charge in [-0.05, 0) is 37.3 Å². The topological polar surface area (TPSA) is 40.3 Å². The zero-order valence-electron chi connectivity index (χ0n) is 14.7. The number of H-pyrrole nitrogens is 1. The van der Waals surface area contributed by atoms with E-state index in [4.69, 9.17) is 4.74 Å². The van der Waals surface area contributed by atoms with Gasteiger partial charge in [0.1, 0.15) is 0 Å². The minimum atomic E-state index is 0.0876. The molecule has 0 aliphatic carbocycles. The van der Waals surface area contributed by atoms with Crippen molar-refractivity contribution >= 4 is 10.9 Å². The fourth-order valence-electron chi connectivity index (χ4n) is 4.56. The van der Waals surface area contributed by atoms with Crippen molar-refractivity contribution in [1.29, 1.82) is 0 Å². The van der Waals surface area contributed by atoms with E-state index in [2.05, 4.69) is 52.6 Å². The molecule has 2 aromatic rings. The van der Waals surface area contributed by atoms with Crippen molar-refractivity contribution in [3.8, 4) is 0 Å². The Balaban J connectivity index is 1.35. The molecule has 4 rings (SSSR count). The summed E-state index contributed by atoms with van der Waals surface area (Å²) in [6.45, 7) is 7.59. The van der Waals surface area contributed by atoms with Gasteiger partial charge in [0.15, 0.2) is 0 Å². The van der Waals surface area contributed by atoms with E-state index in [0.717, 1.165) is 58.5 Å². The number of aromatic amines is 1. The van der Waals surface area contributed by atoms with Gasteiger partial charge in [-0.25, -0.2) is 0 Å². The lowest BCUT2D eigenvalue weighted by molar-refractivity contribution is -0.128. The third-order valence-electron chi connectivity index (χ3n) is 6.00. The maximum Gasteiger partial charge on any atom is 0.0859 e. The van der Waals surface area contributed by atoms with Gasteiger partial charge in [-0.15, -0.1) is 0 Å². The molecule has 1 atom stereocenters. The van der Waals surface area contributed by atoms with Gasteiger partial charge in [0.2, 0.25) is 0 Å². The Hall–Kier alpha value is -1.36. The summed E-state index contributed by atoms with van der Waals surface area (Å²) in [6, 6.07) is 9.13. The zero-order valence-corrected chi connectivity index (χ0v) is 14.7. The Morgan fingerprint density at radius 3 is 2.92 bits per heavy atom. The van der Waals surface area contributed by atoms with Gasteiger partial charge in [-0.3, -0.25) is 0 Å². The largest absolute Gasteiger partial charge is 0.372 e. The molecule has 130 valence electrons. The van der Waals surface area contributed by atoms with Crippen molar-refractivity contribution in [1.82, 2.24) is 15.2 Å². The first-order valence-corrected chi connectivity index (χ1v) is 9.45. The van der Waals surface area contributed by atoms with E-state index in [1.54, 1.807) is 0 Å². The van der Waals surface area contributed by atoms with Crippen molar-refractivity contribution in [3.63, 3.8) is 0 Å². The zero-order chi connectivity index (χ0) is 16.4. The molecule has 3 heterocycles. The second kappa shape index (κ2) is 6.87. The Kier molecular flexibility index (Phi) is 4.61. The first-order chi connectivity index (χ1) is 11.8. The normalized spacial score (nSPS) is 24.6. The van der Waals surface area contributed by atoms with E-state index in [0.29, 0.717) is 6.04 Å². The number of para-hydroxylation sites is 1. The minimum absolute atomic E-state index is 0.0876. The highest BCUT2D eigenvalue weighted by atomic mass is 16.5. The average molecular weight is 327 g/mol. The van der Waals surface area contributed by atoms with Crippen LogP contribution in [0.2, 0.25) is 0 Å². The molecule has 2 aliphatic heterocycles. The van der Waals surface area contributed by atoms with Crippen LogP contribution < -0.4 is 5.32 Å². The number of rotatable bonds is 4. The number of hydrogen-bond donors (Lipinski definition) is 2. The van der Waals surface area contributed by atoms with Crippen LogP contribution in [0.15, 0.2) is 30.5 Å². The van der Waals surface area contributed by atoms with Gasteiger partial charge in [0.05, 0.1) is 12.2 Å². The molecule has 0 bridgehead atoms. The highest BCUT2D eigenvalue weighted by molar-refractivity contribution is 5.83. The number of piperidine rings is 1. The average Bonchev–Trinajstić information content (AvgIpc) is 3.05. The number of likely N-dealkylation sites (tertiary alicyclic amines) is 1. The third-order valence-corrected chi connectivity index (χ3v) is 6.00. The van der Waals surface area contributed by atoms with Crippen molar-refractivity contribution in [2.24, 2.45) is 0 Å². The molecule has 2 fully saturated rings.